The highest BCUT2D eigenvalue weighted by Gasteiger charge is 2.30. The van der Waals surface area contributed by atoms with Gasteiger partial charge >= 0.3 is 0 Å². The van der Waals surface area contributed by atoms with Crippen molar-refractivity contribution in [2.24, 2.45) is 5.41 Å². The van der Waals surface area contributed by atoms with Crippen LogP contribution in [-0.4, -0.2) is 17.9 Å². The highest BCUT2D eigenvalue weighted by atomic mass is 16.2. The second kappa shape index (κ2) is 5.22. The molecule has 0 N–H and O–H groups in total. The summed E-state index contributed by atoms with van der Waals surface area (Å²) in [6.45, 7) is 7.56. The van der Waals surface area contributed by atoms with E-state index in [0.29, 0.717) is 0 Å². The van der Waals surface area contributed by atoms with Crippen LogP contribution in [0.25, 0.3) is 0 Å². The summed E-state index contributed by atoms with van der Waals surface area (Å²) in [5, 5.41) is 9.29. The maximum atomic E-state index is 12.2. The average Bonchev–Trinajstić information content (AvgIpc) is 2.30. The Morgan fingerprint density at radius 2 is 1.78 bits per heavy atom. The van der Waals surface area contributed by atoms with Crippen molar-refractivity contribution in [1.29, 1.82) is 5.26 Å². The Kier molecular flexibility index (Phi) is 4.13. The minimum atomic E-state index is -0.530. The molecule has 0 spiro atoms. The maximum Gasteiger partial charge on any atom is 0.229 e. The van der Waals surface area contributed by atoms with Crippen molar-refractivity contribution in [3.63, 3.8) is 0 Å². The van der Waals surface area contributed by atoms with Crippen molar-refractivity contribution < 1.29 is 4.79 Å². The van der Waals surface area contributed by atoms with Crippen molar-refractivity contribution in [1.82, 2.24) is 4.90 Å². The smallest absolute Gasteiger partial charge is 0.229 e. The molecule has 0 saturated carbocycles. The van der Waals surface area contributed by atoms with Gasteiger partial charge in [-0.05, 0) is 12.5 Å². The molecule has 3 nitrogen and oxygen atoms in total. The number of aryl methyl sites for hydroxylation is 1. The van der Waals surface area contributed by atoms with Crippen LogP contribution >= 0.6 is 0 Å². The maximum absolute atomic E-state index is 12.2. The Balaban J connectivity index is 3.02. The molecule has 1 aromatic carbocycles. The number of nitriles is 1. The van der Waals surface area contributed by atoms with Crippen molar-refractivity contribution in [2.75, 3.05) is 7.05 Å². The van der Waals surface area contributed by atoms with E-state index >= 15 is 0 Å². The minimum absolute atomic E-state index is 0.0328. The third-order valence-electron chi connectivity index (χ3n) is 2.86. The van der Waals surface area contributed by atoms with Gasteiger partial charge in [-0.25, -0.2) is 0 Å². The van der Waals surface area contributed by atoms with Gasteiger partial charge < -0.3 is 4.90 Å². The molecule has 0 aliphatic heterocycles. The summed E-state index contributed by atoms with van der Waals surface area (Å²) < 4.78 is 0. The van der Waals surface area contributed by atoms with Gasteiger partial charge in [0.15, 0.2) is 0 Å². The molecule has 96 valence electrons. The topological polar surface area (TPSA) is 44.1 Å². The second-order valence-electron chi connectivity index (χ2n) is 5.61. The van der Waals surface area contributed by atoms with Crippen LogP contribution in [0.5, 0.6) is 0 Å². The Morgan fingerprint density at radius 1 is 1.28 bits per heavy atom. The summed E-state index contributed by atoms with van der Waals surface area (Å²) in [6, 6.07) is 9.37. The monoisotopic (exact) mass is 244 g/mol. The quantitative estimate of drug-likeness (QED) is 0.802. The zero-order valence-corrected chi connectivity index (χ0v) is 11.7. The molecular formula is C15H20N2O. The molecule has 0 aromatic heterocycles. The van der Waals surface area contributed by atoms with E-state index in [2.05, 4.69) is 6.07 Å². The molecular weight excluding hydrogens is 224 g/mol. The molecule has 1 unspecified atom stereocenters. The van der Waals surface area contributed by atoms with Gasteiger partial charge in [-0.15, -0.1) is 0 Å². The van der Waals surface area contributed by atoms with Gasteiger partial charge in [0.05, 0.1) is 6.07 Å². The van der Waals surface area contributed by atoms with E-state index in [0.717, 1.165) is 11.1 Å². The molecule has 0 bridgehead atoms. The van der Waals surface area contributed by atoms with Crippen LogP contribution in [0.3, 0.4) is 0 Å². The molecule has 0 aliphatic rings. The molecule has 0 radical (unpaired) electrons. The molecule has 3 heteroatoms. The standard InChI is InChI=1S/C15H20N2O/c1-11-6-8-12(9-7-11)13(10-16)17(5)14(18)15(2,3)4/h6-9,13H,1-5H3. The highest BCUT2D eigenvalue weighted by molar-refractivity contribution is 5.82. The molecule has 1 amide bonds. The summed E-state index contributed by atoms with van der Waals surface area (Å²) in [7, 11) is 1.68. The number of hydrogen-bond acceptors (Lipinski definition) is 2. The lowest BCUT2D eigenvalue weighted by Gasteiger charge is -2.29. The van der Waals surface area contributed by atoms with Crippen molar-refractivity contribution in [3.05, 3.63) is 35.4 Å². The fourth-order valence-electron chi connectivity index (χ4n) is 1.78. The van der Waals surface area contributed by atoms with E-state index in [4.69, 9.17) is 0 Å². The van der Waals surface area contributed by atoms with E-state index in [-0.39, 0.29) is 5.91 Å². The number of benzene rings is 1. The SMILES string of the molecule is Cc1ccc(C(C#N)N(C)C(=O)C(C)(C)C)cc1. The van der Waals surface area contributed by atoms with Crippen molar-refractivity contribution >= 4 is 5.91 Å². The summed E-state index contributed by atoms with van der Waals surface area (Å²) in [4.78, 5) is 13.7. The number of amides is 1. The summed E-state index contributed by atoms with van der Waals surface area (Å²) in [6.07, 6.45) is 0. The van der Waals surface area contributed by atoms with Crippen LogP contribution in [0.1, 0.15) is 37.9 Å². The lowest BCUT2D eigenvalue weighted by molar-refractivity contribution is -0.139. The Labute approximate surface area is 109 Å². The second-order valence-corrected chi connectivity index (χ2v) is 5.61. The number of rotatable bonds is 2. The zero-order chi connectivity index (χ0) is 13.9. The van der Waals surface area contributed by atoms with Gasteiger partial charge in [0.1, 0.15) is 6.04 Å². The lowest BCUT2D eigenvalue weighted by Crippen LogP contribution is -2.38. The fourth-order valence-corrected chi connectivity index (χ4v) is 1.78. The van der Waals surface area contributed by atoms with Crippen LogP contribution in [0.2, 0.25) is 0 Å². The predicted octanol–water partition coefficient (Wildman–Crippen LogP) is 3.06. The summed E-state index contributed by atoms with van der Waals surface area (Å²) in [5.74, 6) is -0.0328. The first-order valence-electron chi connectivity index (χ1n) is 6.01. The highest BCUT2D eigenvalue weighted by Crippen LogP contribution is 2.25. The molecule has 18 heavy (non-hydrogen) atoms. The third-order valence-corrected chi connectivity index (χ3v) is 2.86. The molecule has 0 aliphatic carbocycles. The van der Waals surface area contributed by atoms with Crippen LogP contribution < -0.4 is 0 Å². The van der Waals surface area contributed by atoms with Crippen molar-refractivity contribution in [3.8, 4) is 6.07 Å². The molecule has 0 saturated heterocycles. The minimum Gasteiger partial charge on any atom is -0.325 e. The predicted molar refractivity (Wildman–Crippen MR) is 71.8 cm³/mol. The van der Waals surface area contributed by atoms with E-state index in [1.807, 2.05) is 52.0 Å². The van der Waals surface area contributed by atoms with E-state index in [1.54, 1.807) is 7.05 Å². The molecule has 1 aromatic rings. The van der Waals surface area contributed by atoms with E-state index in [9.17, 15) is 10.1 Å². The fraction of sp³-hybridized carbons (Fsp3) is 0.467. The van der Waals surface area contributed by atoms with Crippen LogP contribution in [0.15, 0.2) is 24.3 Å². The van der Waals surface area contributed by atoms with Gasteiger partial charge in [0.2, 0.25) is 5.91 Å². The van der Waals surface area contributed by atoms with Gasteiger partial charge in [0, 0.05) is 12.5 Å². The van der Waals surface area contributed by atoms with Gasteiger partial charge in [0.25, 0.3) is 0 Å². The van der Waals surface area contributed by atoms with Crippen LogP contribution in [-0.2, 0) is 4.79 Å². The number of carbonyl (C=O) groups is 1. The zero-order valence-electron chi connectivity index (χ0n) is 11.7. The lowest BCUT2D eigenvalue weighted by atomic mass is 9.93. The third kappa shape index (κ3) is 3.10. The van der Waals surface area contributed by atoms with Gasteiger partial charge in [-0.2, -0.15) is 5.26 Å². The largest absolute Gasteiger partial charge is 0.325 e. The molecule has 1 rings (SSSR count). The van der Waals surface area contributed by atoms with Crippen LogP contribution in [0, 0.1) is 23.7 Å². The molecule has 0 fully saturated rings. The number of nitrogens with zero attached hydrogens (tertiary/aromatic N) is 2. The molecule has 1 atom stereocenters. The van der Waals surface area contributed by atoms with Gasteiger partial charge in [-0.3, -0.25) is 4.79 Å². The Hall–Kier alpha value is -1.82. The average molecular weight is 244 g/mol. The van der Waals surface area contributed by atoms with Crippen LogP contribution in [0.4, 0.5) is 0 Å². The number of hydrogen-bond donors (Lipinski definition) is 0. The Morgan fingerprint density at radius 3 is 2.17 bits per heavy atom. The number of carbonyl (C=O) groups excluding carboxylic acids is 1. The van der Waals surface area contributed by atoms with E-state index in [1.165, 1.54) is 4.90 Å². The van der Waals surface area contributed by atoms with Crippen molar-refractivity contribution in [2.45, 2.75) is 33.7 Å². The van der Waals surface area contributed by atoms with Gasteiger partial charge in [-0.1, -0.05) is 50.6 Å². The van der Waals surface area contributed by atoms with E-state index < -0.39 is 11.5 Å². The normalized spacial score (nSPS) is 12.7. The summed E-state index contributed by atoms with van der Waals surface area (Å²) >= 11 is 0. The first kappa shape index (κ1) is 14.2. The Bertz CT molecular complexity index is 463. The first-order valence-corrected chi connectivity index (χ1v) is 6.01. The summed E-state index contributed by atoms with van der Waals surface area (Å²) in [5.41, 5.74) is 1.51. The first-order chi connectivity index (χ1) is 8.27. The molecule has 0 heterocycles.